The minimum absolute atomic E-state index is 0.341. The number of aromatic hydroxyl groups is 1. The number of nitrogen functional groups attached to an aromatic ring is 1. The van der Waals surface area contributed by atoms with E-state index in [-0.39, 0.29) is 0 Å². The van der Waals surface area contributed by atoms with E-state index in [1.807, 2.05) is 19.1 Å². The lowest BCUT2D eigenvalue weighted by Crippen LogP contribution is -2.31. The molecule has 2 aromatic rings. The van der Waals surface area contributed by atoms with Crippen LogP contribution in [0.3, 0.4) is 0 Å². The number of benzene rings is 1. The van der Waals surface area contributed by atoms with Gasteiger partial charge in [-0.25, -0.2) is 9.97 Å². The number of anilines is 1. The maximum absolute atomic E-state index is 9.93. The highest BCUT2D eigenvalue weighted by Crippen LogP contribution is 2.23. The molecule has 104 valence electrons. The smallest absolute Gasteiger partial charge is 0.220 e. The second kappa shape index (κ2) is 5.09. The van der Waals surface area contributed by atoms with E-state index < -0.39 is 0 Å². The molecule has 0 fully saturated rings. The zero-order valence-electron chi connectivity index (χ0n) is 11.5. The van der Waals surface area contributed by atoms with Gasteiger partial charge in [-0.2, -0.15) is 0 Å². The molecule has 1 aromatic heterocycles. The van der Waals surface area contributed by atoms with Crippen molar-refractivity contribution in [1.82, 2.24) is 14.9 Å². The largest absolute Gasteiger partial charge is 0.508 e. The van der Waals surface area contributed by atoms with Gasteiger partial charge in [-0.1, -0.05) is 17.7 Å². The van der Waals surface area contributed by atoms with Crippen LogP contribution in [-0.4, -0.2) is 26.5 Å². The normalized spacial score (nSPS) is 15.1. The van der Waals surface area contributed by atoms with E-state index in [4.69, 9.17) is 5.73 Å². The van der Waals surface area contributed by atoms with E-state index in [1.54, 1.807) is 12.3 Å². The zero-order valence-corrected chi connectivity index (χ0v) is 11.5. The molecule has 0 spiro atoms. The quantitative estimate of drug-likeness (QED) is 0.867. The molecule has 0 saturated heterocycles. The number of nitrogens with zero attached hydrogens (tertiary/aromatic N) is 3. The SMILES string of the molecule is Cc1ccc(O)c(CN2CCc3nc(N)ncc3C2)c1. The number of hydrogen-bond acceptors (Lipinski definition) is 5. The fourth-order valence-electron chi connectivity index (χ4n) is 2.61. The summed E-state index contributed by atoms with van der Waals surface area (Å²) in [5.41, 5.74) is 9.90. The van der Waals surface area contributed by atoms with E-state index in [2.05, 4.69) is 14.9 Å². The van der Waals surface area contributed by atoms with Gasteiger partial charge < -0.3 is 10.8 Å². The summed E-state index contributed by atoms with van der Waals surface area (Å²) in [4.78, 5) is 10.6. The minimum atomic E-state index is 0.341. The van der Waals surface area contributed by atoms with Crippen LogP contribution in [-0.2, 0) is 19.5 Å². The Labute approximate surface area is 118 Å². The van der Waals surface area contributed by atoms with Gasteiger partial charge in [-0.15, -0.1) is 0 Å². The molecule has 0 atom stereocenters. The number of nitrogens with two attached hydrogens (primary N) is 1. The number of hydrogen-bond donors (Lipinski definition) is 2. The summed E-state index contributed by atoms with van der Waals surface area (Å²) in [6.07, 6.45) is 2.68. The van der Waals surface area contributed by atoms with Crippen LogP contribution in [0.4, 0.5) is 5.95 Å². The Morgan fingerprint density at radius 1 is 1.40 bits per heavy atom. The zero-order chi connectivity index (χ0) is 14.1. The maximum atomic E-state index is 9.93. The van der Waals surface area contributed by atoms with Crippen LogP contribution in [0.15, 0.2) is 24.4 Å². The van der Waals surface area contributed by atoms with Crippen molar-refractivity contribution in [3.63, 3.8) is 0 Å². The van der Waals surface area contributed by atoms with Crippen molar-refractivity contribution in [1.29, 1.82) is 0 Å². The Bertz CT molecular complexity index is 642. The van der Waals surface area contributed by atoms with Crippen molar-refractivity contribution in [3.05, 3.63) is 46.8 Å². The first kappa shape index (κ1) is 12.9. The Kier molecular flexibility index (Phi) is 3.28. The Morgan fingerprint density at radius 3 is 3.10 bits per heavy atom. The van der Waals surface area contributed by atoms with Gasteiger partial charge >= 0.3 is 0 Å². The summed E-state index contributed by atoms with van der Waals surface area (Å²) in [5.74, 6) is 0.698. The second-order valence-corrected chi connectivity index (χ2v) is 5.29. The topological polar surface area (TPSA) is 75.3 Å². The van der Waals surface area contributed by atoms with E-state index in [1.165, 1.54) is 0 Å². The number of phenolic OH excluding ortho intramolecular Hbond substituents is 1. The third-order valence-corrected chi connectivity index (χ3v) is 3.66. The highest BCUT2D eigenvalue weighted by Gasteiger charge is 2.19. The predicted octanol–water partition coefficient (Wildman–Crippen LogP) is 1.63. The summed E-state index contributed by atoms with van der Waals surface area (Å²) in [6.45, 7) is 4.47. The molecule has 0 aliphatic carbocycles. The average Bonchev–Trinajstić information content (AvgIpc) is 2.43. The highest BCUT2D eigenvalue weighted by molar-refractivity contribution is 5.36. The van der Waals surface area contributed by atoms with Crippen molar-refractivity contribution >= 4 is 5.95 Å². The van der Waals surface area contributed by atoms with Gasteiger partial charge in [-0.05, 0) is 13.0 Å². The molecular weight excluding hydrogens is 252 g/mol. The fourth-order valence-corrected chi connectivity index (χ4v) is 2.61. The summed E-state index contributed by atoms with van der Waals surface area (Å²) >= 11 is 0. The van der Waals surface area contributed by atoms with Crippen molar-refractivity contribution < 1.29 is 5.11 Å². The first-order valence-corrected chi connectivity index (χ1v) is 6.73. The third-order valence-electron chi connectivity index (χ3n) is 3.66. The summed E-state index contributed by atoms with van der Waals surface area (Å²) in [7, 11) is 0. The van der Waals surface area contributed by atoms with Gasteiger partial charge in [0.05, 0.1) is 5.69 Å². The fraction of sp³-hybridized carbons (Fsp3) is 0.333. The Morgan fingerprint density at radius 2 is 2.25 bits per heavy atom. The first-order chi connectivity index (χ1) is 9.61. The minimum Gasteiger partial charge on any atom is -0.508 e. The van der Waals surface area contributed by atoms with E-state index >= 15 is 0 Å². The molecule has 0 unspecified atom stereocenters. The van der Waals surface area contributed by atoms with Crippen molar-refractivity contribution in [3.8, 4) is 5.75 Å². The number of aryl methyl sites for hydroxylation is 1. The molecule has 0 saturated carbocycles. The number of rotatable bonds is 2. The van der Waals surface area contributed by atoms with Gasteiger partial charge in [0.2, 0.25) is 5.95 Å². The Hall–Kier alpha value is -2.14. The van der Waals surface area contributed by atoms with Crippen LogP contribution < -0.4 is 5.73 Å². The molecular formula is C15H18N4O. The van der Waals surface area contributed by atoms with Crippen LogP contribution in [0, 0.1) is 6.92 Å². The molecule has 5 nitrogen and oxygen atoms in total. The van der Waals surface area contributed by atoms with Crippen LogP contribution in [0.25, 0.3) is 0 Å². The van der Waals surface area contributed by atoms with Crippen molar-refractivity contribution in [2.45, 2.75) is 26.4 Å². The molecule has 3 N–H and O–H groups in total. The van der Waals surface area contributed by atoms with Crippen molar-refractivity contribution in [2.24, 2.45) is 0 Å². The van der Waals surface area contributed by atoms with E-state index in [9.17, 15) is 5.11 Å². The highest BCUT2D eigenvalue weighted by atomic mass is 16.3. The molecule has 0 radical (unpaired) electrons. The first-order valence-electron chi connectivity index (χ1n) is 6.73. The maximum Gasteiger partial charge on any atom is 0.220 e. The monoisotopic (exact) mass is 270 g/mol. The lowest BCUT2D eigenvalue weighted by Gasteiger charge is -2.28. The van der Waals surface area contributed by atoms with Gasteiger partial charge in [-0.3, -0.25) is 4.90 Å². The van der Waals surface area contributed by atoms with Crippen LogP contribution in [0.2, 0.25) is 0 Å². The van der Waals surface area contributed by atoms with E-state index in [0.717, 1.165) is 48.4 Å². The number of phenols is 1. The summed E-state index contributed by atoms with van der Waals surface area (Å²) in [6, 6.07) is 5.71. The summed E-state index contributed by atoms with van der Waals surface area (Å²) in [5, 5.41) is 9.93. The molecule has 0 amide bonds. The van der Waals surface area contributed by atoms with Crippen molar-refractivity contribution in [2.75, 3.05) is 12.3 Å². The van der Waals surface area contributed by atoms with Gasteiger partial charge in [0.1, 0.15) is 5.75 Å². The van der Waals surface area contributed by atoms with Crippen LogP contribution in [0.1, 0.15) is 22.4 Å². The molecule has 1 aromatic carbocycles. The Balaban J connectivity index is 1.77. The molecule has 3 rings (SSSR count). The average molecular weight is 270 g/mol. The lowest BCUT2D eigenvalue weighted by atomic mass is 10.1. The van der Waals surface area contributed by atoms with Gasteiger partial charge in [0, 0.05) is 43.4 Å². The lowest BCUT2D eigenvalue weighted by molar-refractivity contribution is 0.240. The number of aromatic nitrogens is 2. The van der Waals surface area contributed by atoms with E-state index in [0.29, 0.717) is 11.7 Å². The molecule has 2 heterocycles. The molecule has 0 bridgehead atoms. The third kappa shape index (κ3) is 2.58. The van der Waals surface area contributed by atoms with Gasteiger partial charge in [0.15, 0.2) is 0 Å². The van der Waals surface area contributed by atoms with Crippen LogP contribution >= 0.6 is 0 Å². The summed E-state index contributed by atoms with van der Waals surface area (Å²) < 4.78 is 0. The molecule has 5 heteroatoms. The second-order valence-electron chi connectivity index (χ2n) is 5.29. The predicted molar refractivity (Wildman–Crippen MR) is 77.1 cm³/mol. The number of fused-ring (bicyclic) bond motifs is 1. The van der Waals surface area contributed by atoms with Crippen LogP contribution in [0.5, 0.6) is 5.75 Å². The molecule has 1 aliphatic heterocycles. The van der Waals surface area contributed by atoms with Gasteiger partial charge in [0.25, 0.3) is 0 Å². The molecule has 20 heavy (non-hydrogen) atoms. The standard InChI is InChI=1S/C15H18N4O/c1-10-2-3-14(20)11(6-10)8-19-5-4-13-12(9-19)7-17-15(16)18-13/h2-3,6-7,20H,4-5,8-9H2,1H3,(H2,16,17,18). The molecule has 1 aliphatic rings.